The van der Waals surface area contributed by atoms with Crippen molar-refractivity contribution in [3.63, 3.8) is 0 Å². The standard InChI is InChI=1S/C14H26O10/c1-3-5-7(15)9(17)12(20)14(23-5)22-4-6-8(16)10(18)11(19)13(21-2)24-6/h5-20H,3-4H2,1-2H3. The summed E-state index contributed by atoms with van der Waals surface area (Å²) < 4.78 is 20.9. The molecule has 0 amide bonds. The molecule has 10 atom stereocenters. The van der Waals surface area contributed by atoms with Crippen LogP contribution in [0.5, 0.6) is 0 Å². The van der Waals surface area contributed by atoms with E-state index in [9.17, 15) is 30.6 Å². The Labute approximate surface area is 139 Å². The van der Waals surface area contributed by atoms with Gasteiger partial charge in [-0.1, -0.05) is 6.92 Å². The van der Waals surface area contributed by atoms with Crippen molar-refractivity contribution in [2.45, 2.75) is 74.8 Å². The Balaban J connectivity index is 1.96. The van der Waals surface area contributed by atoms with E-state index in [1.54, 1.807) is 6.92 Å². The lowest BCUT2D eigenvalue weighted by molar-refractivity contribution is -0.326. The van der Waals surface area contributed by atoms with Crippen molar-refractivity contribution in [2.24, 2.45) is 0 Å². The molecule has 0 aromatic rings. The van der Waals surface area contributed by atoms with Crippen LogP contribution in [0.4, 0.5) is 0 Å². The highest BCUT2D eigenvalue weighted by molar-refractivity contribution is 4.91. The lowest BCUT2D eigenvalue weighted by atomic mass is 9.97. The molecule has 10 nitrogen and oxygen atoms in total. The van der Waals surface area contributed by atoms with Crippen LogP contribution in [-0.4, -0.2) is 106 Å². The van der Waals surface area contributed by atoms with Crippen LogP contribution in [0.2, 0.25) is 0 Å². The number of rotatable bonds is 5. The SMILES string of the molecule is CCC1OC(OCC2OC(OC)C(O)C(O)C2O)C(O)C(O)C1O. The summed E-state index contributed by atoms with van der Waals surface area (Å²) in [6.07, 6.45) is -12.3. The van der Waals surface area contributed by atoms with E-state index < -0.39 is 61.4 Å². The predicted molar refractivity (Wildman–Crippen MR) is 76.6 cm³/mol. The van der Waals surface area contributed by atoms with Gasteiger partial charge in [-0.05, 0) is 6.42 Å². The Bertz CT molecular complexity index is 356. The third-order valence-electron chi connectivity index (χ3n) is 4.40. The van der Waals surface area contributed by atoms with Gasteiger partial charge in [-0.3, -0.25) is 0 Å². The van der Waals surface area contributed by atoms with E-state index in [0.29, 0.717) is 6.42 Å². The minimum absolute atomic E-state index is 0.300. The van der Waals surface area contributed by atoms with Gasteiger partial charge < -0.3 is 49.6 Å². The summed E-state index contributed by atoms with van der Waals surface area (Å²) >= 11 is 0. The highest BCUT2D eigenvalue weighted by atomic mass is 16.7. The summed E-state index contributed by atoms with van der Waals surface area (Å²) in [6.45, 7) is 1.44. The number of hydrogen-bond donors (Lipinski definition) is 6. The van der Waals surface area contributed by atoms with Crippen molar-refractivity contribution in [1.82, 2.24) is 0 Å². The Kier molecular flexibility index (Phi) is 6.90. The van der Waals surface area contributed by atoms with Crippen molar-refractivity contribution in [1.29, 1.82) is 0 Å². The van der Waals surface area contributed by atoms with Gasteiger partial charge >= 0.3 is 0 Å². The maximum absolute atomic E-state index is 9.95. The molecule has 2 heterocycles. The number of aliphatic hydroxyl groups excluding tert-OH is 6. The van der Waals surface area contributed by atoms with Gasteiger partial charge in [-0.2, -0.15) is 0 Å². The van der Waals surface area contributed by atoms with E-state index >= 15 is 0 Å². The van der Waals surface area contributed by atoms with Crippen LogP contribution in [0.25, 0.3) is 0 Å². The summed E-state index contributed by atoms with van der Waals surface area (Å²) in [6, 6.07) is 0. The van der Waals surface area contributed by atoms with Crippen LogP contribution >= 0.6 is 0 Å². The van der Waals surface area contributed by atoms with Gasteiger partial charge in [0.05, 0.1) is 12.7 Å². The minimum atomic E-state index is -1.50. The second-order valence-corrected chi connectivity index (χ2v) is 6.01. The lowest BCUT2D eigenvalue weighted by Crippen LogP contribution is -2.61. The molecule has 0 saturated carbocycles. The number of hydrogen-bond acceptors (Lipinski definition) is 10. The number of ether oxygens (including phenoxy) is 4. The van der Waals surface area contributed by atoms with Crippen molar-refractivity contribution in [3.8, 4) is 0 Å². The Hall–Kier alpha value is -0.400. The fourth-order valence-corrected chi connectivity index (χ4v) is 2.83. The lowest BCUT2D eigenvalue weighted by Gasteiger charge is -2.42. The molecule has 0 bridgehead atoms. The molecule has 6 N–H and O–H groups in total. The van der Waals surface area contributed by atoms with Crippen LogP contribution in [-0.2, 0) is 18.9 Å². The summed E-state index contributed by atoms with van der Waals surface area (Å²) in [4.78, 5) is 0. The predicted octanol–water partition coefficient (Wildman–Crippen LogP) is -3.33. The van der Waals surface area contributed by atoms with Crippen molar-refractivity contribution in [2.75, 3.05) is 13.7 Å². The van der Waals surface area contributed by atoms with Crippen LogP contribution in [0.3, 0.4) is 0 Å². The normalized spacial score (nSPS) is 50.0. The maximum Gasteiger partial charge on any atom is 0.186 e. The van der Waals surface area contributed by atoms with Crippen LogP contribution in [0.1, 0.15) is 13.3 Å². The van der Waals surface area contributed by atoms with E-state index in [0.717, 1.165) is 0 Å². The Morgan fingerprint density at radius 1 is 0.708 bits per heavy atom. The molecule has 2 saturated heterocycles. The fourth-order valence-electron chi connectivity index (χ4n) is 2.83. The first-order chi connectivity index (χ1) is 11.3. The van der Waals surface area contributed by atoms with Crippen molar-refractivity contribution >= 4 is 0 Å². The molecular weight excluding hydrogens is 328 g/mol. The van der Waals surface area contributed by atoms with Crippen molar-refractivity contribution < 1.29 is 49.6 Å². The van der Waals surface area contributed by atoms with Gasteiger partial charge in [0.2, 0.25) is 0 Å². The number of methoxy groups -OCH3 is 1. The van der Waals surface area contributed by atoms with Crippen LogP contribution in [0, 0.1) is 0 Å². The monoisotopic (exact) mass is 354 g/mol. The molecule has 0 aromatic heterocycles. The first-order valence-corrected chi connectivity index (χ1v) is 7.85. The first kappa shape index (κ1) is 19.9. The molecule has 0 aliphatic carbocycles. The quantitative estimate of drug-likeness (QED) is 0.295. The molecule has 0 spiro atoms. The molecule has 2 fully saturated rings. The highest BCUT2D eigenvalue weighted by Crippen LogP contribution is 2.26. The largest absolute Gasteiger partial charge is 0.388 e. The van der Waals surface area contributed by atoms with Gasteiger partial charge in [0.15, 0.2) is 12.6 Å². The van der Waals surface area contributed by atoms with Gasteiger partial charge in [0.25, 0.3) is 0 Å². The summed E-state index contributed by atoms with van der Waals surface area (Å²) in [5.74, 6) is 0. The zero-order valence-corrected chi connectivity index (χ0v) is 13.5. The van der Waals surface area contributed by atoms with Crippen molar-refractivity contribution in [3.05, 3.63) is 0 Å². The second-order valence-electron chi connectivity index (χ2n) is 6.01. The summed E-state index contributed by atoms with van der Waals surface area (Å²) in [7, 11) is 1.27. The summed E-state index contributed by atoms with van der Waals surface area (Å²) in [5, 5.41) is 59.0. The Morgan fingerprint density at radius 3 is 1.75 bits per heavy atom. The minimum Gasteiger partial charge on any atom is -0.388 e. The zero-order chi connectivity index (χ0) is 18.0. The molecule has 0 aromatic carbocycles. The molecule has 10 heteroatoms. The molecule has 2 rings (SSSR count). The third kappa shape index (κ3) is 3.88. The average Bonchev–Trinajstić information content (AvgIpc) is 2.58. The topological polar surface area (TPSA) is 158 Å². The molecule has 24 heavy (non-hydrogen) atoms. The molecule has 2 aliphatic heterocycles. The number of aliphatic hydroxyl groups is 6. The first-order valence-electron chi connectivity index (χ1n) is 7.85. The molecule has 10 unspecified atom stereocenters. The highest BCUT2D eigenvalue weighted by Gasteiger charge is 2.46. The molecule has 0 radical (unpaired) electrons. The molecule has 2 aliphatic rings. The van der Waals surface area contributed by atoms with Crippen LogP contribution in [0.15, 0.2) is 0 Å². The van der Waals surface area contributed by atoms with Gasteiger partial charge in [-0.25, -0.2) is 0 Å². The van der Waals surface area contributed by atoms with E-state index in [2.05, 4.69) is 0 Å². The maximum atomic E-state index is 9.95. The molecule has 142 valence electrons. The third-order valence-corrected chi connectivity index (χ3v) is 4.40. The molecular formula is C14H26O10. The Morgan fingerprint density at radius 2 is 1.21 bits per heavy atom. The fraction of sp³-hybridized carbons (Fsp3) is 1.00. The average molecular weight is 354 g/mol. The summed E-state index contributed by atoms with van der Waals surface area (Å²) in [5.41, 5.74) is 0. The van der Waals surface area contributed by atoms with Gasteiger partial charge in [0.1, 0.15) is 42.7 Å². The second kappa shape index (κ2) is 8.32. The van der Waals surface area contributed by atoms with Crippen LogP contribution < -0.4 is 0 Å². The van der Waals surface area contributed by atoms with E-state index in [4.69, 9.17) is 18.9 Å². The van der Waals surface area contributed by atoms with E-state index in [1.165, 1.54) is 7.11 Å². The van der Waals surface area contributed by atoms with E-state index in [1.807, 2.05) is 0 Å². The van der Waals surface area contributed by atoms with E-state index in [-0.39, 0.29) is 6.61 Å². The zero-order valence-electron chi connectivity index (χ0n) is 13.5. The smallest absolute Gasteiger partial charge is 0.186 e. The van der Waals surface area contributed by atoms with Gasteiger partial charge in [0, 0.05) is 7.11 Å². The van der Waals surface area contributed by atoms with Gasteiger partial charge in [-0.15, -0.1) is 0 Å².